The number of allylic oxidation sites excluding steroid dienone is 2. The van der Waals surface area contributed by atoms with E-state index in [-0.39, 0.29) is 48.0 Å². The number of amides is 4. The Bertz CT molecular complexity index is 2750. The molecule has 3 heterocycles. The Labute approximate surface area is 368 Å². The number of hydrogen-bond donors (Lipinski definition) is 2. The van der Waals surface area contributed by atoms with E-state index < -0.39 is 81.2 Å². The van der Waals surface area contributed by atoms with Crippen LogP contribution in [-0.2, 0) is 30.8 Å². The fraction of sp³-hybridized carbons (Fsp3) is 0.234. The van der Waals surface area contributed by atoms with E-state index in [0.717, 1.165) is 4.90 Å². The number of hydrazine groups is 1. The molecule has 63 heavy (non-hydrogen) atoms. The van der Waals surface area contributed by atoms with Crippen molar-refractivity contribution < 1.29 is 47.0 Å². The van der Waals surface area contributed by atoms with Crippen molar-refractivity contribution in [3.05, 3.63) is 159 Å². The van der Waals surface area contributed by atoms with Crippen LogP contribution >= 0.6 is 23.2 Å². The molecule has 2 aliphatic heterocycles. The molecule has 16 heteroatoms. The minimum Gasteiger partial charge on any atom is -0.504 e. The maximum atomic E-state index is 15.5. The number of rotatable bonds is 9. The SMILES string of the molecule is CCOc1cccc([C@H]2C3=CC[C@@H]4C(=O)N(c5ccc(C(=O)c6ccccc6)cc5)C(=O)[C@@H]4[C@@H]3C[C@H]3C(=O)N(Nc4ncc(C(F)(F)F)cc4Cl)C(=O)[C@@]23c2ccc(Cl)cc2)c1O. The molecule has 0 spiro atoms. The predicted octanol–water partition coefficient (Wildman–Crippen LogP) is 8.93. The highest BCUT2D eigenvalue weighted by atomic mass is 35.5. The van der Waals surface area contributed by atoms with Gasteiger partial charge in [-0.2, -0.15) is 18.2 Å². The number of aromatic hydroxyl groups is 1. The normalized spacial score (nSPS) is 24.2. The van der Waals surface area contributed by atoms with Crippen molar-refractivity contribution >= 4 is 64.1 Å². The average Bonchev–Trinajstić information content (AvgIpc) is 3.65. The van der Waals surface area contributed by atoms with Gasteiger partial charge < -0.3 is 9.84 Å². The van der Waals surface area contributed by atoms with E-state index in [9.17, 15) is 32.7 Å². The van der Waals surface area contributed by atoms with Crippen LogP contribution in [0.3, 0.4) is 0 Å². The molecule has 5 aromatic rings. The van der Waals surface area contributed by atoms with E-state index in [1.807, 2.05) is 0 Å². The number of phenols is 1. The topological polar surface area (TPSA) is 146 Å². The second-order valence-electron chi connectivity index (χ2n) is 15.8. The third-order valence-electron chi connectivity index (χ3n) is 12.6. The number of phenolic OH excluding ortho intramolecular Hbond substituents is 1. The fourth-order valence-corrected chi connectivity index (χ4v) is 10.3. The van der Waals surface area contributed by atoms with Crippen LogP contribution in [0.15, 0.2) is 121 Å². The number of ketones is 1. The zero-order valence-corrected chi connectivity index (χ0v) is 34.6. The maximum Gasteiger partial charge on any atom is 0.417 e. The van der Waals surface area contributed by atoms with E-state index in [2.05, 4.69) is 10.4 Å². The standard InChI is InChI=1S/C47H35Cl2F3N4O7/c1-2-63-36-10-6-9-32(40(36)58)38-30-19-20-31-37(44(61)55(42(31)59)29-17-11-25(12-18-29)39(57)24-7-4-3-5-8-24)33(30)22-34-43(60)56(45(62)46(34,38)26-13-15-28(48)16-14-26)54-41-35(49)21-27(23-53-41)47(50,51)52/h3-19,21,23,31,33-34,37-38,58H,2,20,22H2,1H3,(H,53,54)/t31-,33+,34-,37-,38+,46+/m0/s1. The number of alkyl halides is 3. The molecule has 2 saturated heterocycles. The largest absolute Gasteiger partial charge is 0.504 e. The molecule has 3 fully saturated rings. The first-order valence-corrected chi connectivity index (χ1v) is 20.8. The second kappa shape index (κ2) is 15.7. The van der Waals surface area contributed by atoms with E-state index in [0.29, 0.717) is 44.6 Å². The molecule has 0 unspecified atom stereocenters. The monoisotopic (exact) mass is 894 g/mol. The molecular weight excluding hydrogens is 860 g/mol. The zero-order chi connectivity index (χ0) is 44.5. The van der Waals surface area contributed by atoms with Crippen molar-refractivity contribution in [3.8, 4) is 11.5 Å². The lowest BCUT2D eigenvalue weighted by Crippen LogP contribution is -2.53. The number of imide groups is 2. The highest BCUT2D eigenvalue weighted by Gasteiger charge is 2.71. The van der Waals surface area contributed by atoms with Crippen LogP contribution < -0.4 is 15.1 Å². The third-order valence-corrected chi connectivity index (χ3v) is 13.2. The number of aromatic nitrogens is 1. The minimum atomic E-state index is -4.78. The summed E-state index contributed by atoms with van der Waals surface area (Å²) in [5.74, 6) is -8.73. The van der Waals surface area contributed by atoms with Crippen molar-refractivity contribution in [1.82, 2.24) is 9.99 Å². The number of ether oxygens (including phenoxy) is 1. The van der Waals surface area contributed by atoms with E-state index in [4.69, 9.17) is 27.9 Å². The van der Waals surface area contributed by atoms with Gasteiger partial charge in [0.25, 0.3) is 11.8 Å². The summed E-state index contributed by atoms with van der Waals surface area (Å²) >= 11 is 12.7. The van der Waals surface area contributed by atoms with Gasteiger partial charge in [-0.3, -0.25) is 34.3 Å². The lowest BCUT2D eigenvalue weighted by Gasteiger charge is -2.50. The number of hydrogen-bond acceptors (Lipinski definition) is 9. The van der Waals surface area contributed by atoms with Gasteiger partial charge in [0.1, 0.15) is 0 Å². The highest BCUT2D eigenvalue weighted by Crippen LogP contribution is 2.65. The Kier molecular flexibility index (Phi) is 10.4. The number of carbonyl (C=O) groups excluding carboxylic acids is 5. The van der Waals surface area contributed by atoms with E-state index >= 15 is 9.59 Å². The number of nitrogens with one attached hydrogen (secondary N) is 1. The fourth-order valence-electron chi connectivity index (χ4n) is 9.94. The number of para-hydroxylation sites is 1. The number of anilines is 2. The molecule has 2 N–H and O–H groups in total. The van der Waals surface area contributed by atoms with Crippen molar-refractivity contribution in [1.29, 1.82) is 0 Å². The molecule has 9 rings (SSSR count). The van der Waals surface area contributed by atoms with Crippen LogP contribution in [0.5, 0.6) is 11.5 Å². The third kappa shape index (κ3) is 6.65. The van der Waals surface area contributed by atoms with Gasteiger partial charge in [0.05, 0.1) is 46.0 Å². The number of fused-ring (bicyclic) bond motifs is 4. The lowest BCUT2D eigenvalue weighted by molar-refractivity contribution is -0.139. The van der Waals surface area contributed by atoms with E-state index in [1.165, 1.54) is 12.1 Å². The second-order valence-corrected chi connectivity index (χ2v) is 16.6. The minimum absolute atomic E-state index is 0.0705. The Balaban J connectivity index is 1.17. The van der Waals surface area contributed by atoms with Crippen LogP contribution in [-0.4, -0.2) is 51.1 Å². The Morgan fingerprint density at radius 2 is 1.59 bits per heavy atom. The molecule has 4 aliphatic rings. The molecule has 4 amide bonds. The summed E-state index contributed by atoms with van der Waals surface area (Å²) in [6.45, 7) is 1.90. The lowest BCUT2D eigenvalue weighted by atomic mass is 9.49. The molecule has 6 atom stereocenters. The number of benzene rings is 4. The highest BCUT2D eigenvalue weighted by molar-refractivity contribution is 6.33. The summed E-state index contributed by atoms with van der Waals surface area (Å²) in [4.78, 5) is 77.8. The van der Waals surface area contributed by atoms with Gasteiger partial charge >= 0.3 is 6.18 Å². The van der Waals surface area contributed by atoms with Crippen LogP contribution in [0.4, 0.5) is 24.7 Å². The van der Waals surface area contributed by atoms with Crippen molar-refractivity contribution in [2.75, 3.05) is 16.9 Å². The van der Waals surface area contributed by atoms with Crippen LogP contribution in [0.25, 0.3) is 0 Å². The summed E-state index contributed by atoms with van der Waals surface area (Å²) in [7, 11) is 0. The number of pyridine rings is 1. The van der Waals surface area contributed by atoms with Crippen LogP contribution in [0.2, 0.25) is 10.0 Å². The Morgan fingerprint density at radius 3 is 2.25 bits per heavy atom. The summed E-state index contributed by atoms with van der Waals surface area (Å²) in [6.07, 6.45) is -2.53. The van der Waals surface area contributed by atoms with Gasteiger partial charge in [0, 0.05) is 33.8 Å². The van der Waals surface area contributed by atoms with Crippen molar-refractivity contribution in [2.24, 2.45) is 23.7 Å². The van der Waals surface area contributed by atoms with Crippen LogP contribution in [0.1, 0.15) is 58.3 Å². The average molecular weight is 896 g/mol. The summed E-state index contributed by atoms with van der Waals surface area (Å²) < 4.78 is 46.5. The molecule has 0 radical (unpaired) electrons. The van der Waals surface area contributed by atoms with Crippen molar-refractivity contribution in [2.45, 2.75) is 37.3 Å². The predicted molar refractivity (Wildman–Crippen MR) is 225 cm³/mol. The summed E-state index contributed by atoms with van der Waals surface area (Å²) in [5, 5.41) is 12.5. The molecule has 1 aromatic heterocycles. The first-order valence-electron chi connectivity index (χ1n) is 20.0. The van der Waals surface area contributed by atoms with E-state index in [1.54, 1.807) is 97.9 Å². The molecular formula is C47H35Cl2F3N4O7. The Morgan fingerprint density at radius 1 is 0.889 bits per heavy atom. The Hall–Kier alpha value is -6.51. The maximum absolute atomic E-state index is 15.5. The number of nitrogens with zero attached hydrogens (tertiary/aromatic N) is 3. The smallest absolute Gasteiger partial charge is 0.417 e. The molecule has 0 bridgehead atoms. The summed E-state index contributed by atoms with van der Waals surface area (Å²) in [5.41, 5.74) is 1.67. The van der Waals surface area contributed by atoms with Gasteiger partial charge in [-0.1, -0.05) is 89.4 Å². The quantitative estimate of drug-likeness (QED) is 0.0842. The van der Waals surface area contributed by atoms with Gasteiger partial charge in [0.2, 0.25) is 11.8 Å². The van der Waals surface area contributed by atoms with Gasteiger partial charge in [-0.15, -0.1) is 0 Å². The van der Waals surface area contributed by atoms with Crippen LogP contribution in [0, 0.1) is 23.7 Å². The van der Waals surface area contributed by atoms with Crippen molar-refractivity contribution in [3.63, 3.8) is 0 Å². The molecule has 320 valence electrons. The molecule has 4 aromatic carbocycles. The van der Waals surface area contributed by atoms with Gasteiger partial charge in [-0.05, 0) is 79.8 Å². The molecule has 2 aliphatic carbocycles. The first kappa shape index (κ1) is 41.8. The zero-order valence-electron chi connectivity index (χ0n) is 33.1. The van der Waals surface area contributed by atoms with Gasteiger partial charge in [-0.25, -0.2) is 4.98 Å². The molecule has 1 saturated carbocycles. The first-order chi connectivity index (χ1) is 30.2. The molecule has 11 nitrogen and oxygen atoms in total. The van der Waals surface area contributed by atoms with Gasteiger partial charge in [0.15, 0.2) is 23.1 Å². The summed E-state index contributed by atoms with van der Waals surface area (Å²) in [6, 6.07) is 26.5. The number of carbonyl (C=O) groups is 5. The number of halogens is 5.